The molecule has 0 aromatic heterocycles. The lowest BCUT2D eigenvalue weighted by Crippen LogP contribution is -2.15. The van der Waals surface area contributed by atoms with Crippen LogP contribution in [0.4, 0.5) is 11.4 Å². The molecule has 194 valence electrons. The zero-order chi connectivity index (χ0) is 27.0. The van der Waals surface area contributed by atoms with E-state index in [1.807, 2.05) is 97.1 Å². The van der Waals surface area contributed by atoms with Crippen LogP contribution in [-0.2, 0) is 9.47 Å². The van der Waals surface area contributed by atoms with Crippen LogP contribution in [0.1, 0.15) is 11.1 Å². The minimum atomic E-state index is 0.305. The highest BCUT2D eigenvalue weighted by Crippen LogP contribution is 2.21. The van der Waals surface area contributed by atoms with Crippen LogP contribution in [-0.4, -0.2) is 25.0 Å². The van der Waals surface area contributed by atoms with Gasteiger partial charge in [-0.3, -0.25) is 0 Å². The molecule has 4 heteroatoms. The molecule has 0 N–H and O–H groups in total. The Bertz CT molecular complexity index is 1660. The molecule has 0 bridgehead atoms. The van der Waals surface area contributed by atoms with Crippen molar-refractivity contribution >= 4 is 44.7 Å². The SMILES string of the molecule is c1ccc(N=C(OCCOC(=Nc2ccccc2)c2ccc3ccccc3c2)c2ccc3ccccc3c2)cc1. The third kappa shape index (κ3) is 6.08. The Morgan fingerprint density at radius 1 is 0.400 bits per heavy atom. The zero-order valence-electron chi connectivity index (χ0n) is 22.0. The van der Waals surface area contributed by atoms with Crippen LogP contribution in [0.2, 0.25) is 0 Å². The maximum atomic E-state index is 6.26. The second-order valence-corrected chi connectivity index (χ2v) is 9.33. The fourth-order valence-corrected chi connectivity index (χ4v) is 4.52. The summed E-state index contributed by atoms with van der Waals surface area (Å²) in [7, 11) is 0. The molecule has 0 saturated heterocycles. The number of para-hydroxylation sites is 2. The molecule has 0 atom stereocenters. The van der Waals surface area contributed by atoms with Crippen LogP contribution in [0.3, 0.4) is 0 Å². The van der Waals surface area contributed by atoms with Gasteiger partial charge in [0.1, 0.15) is 13.2 Å². The van der Waals surface area contributed by atoms with Gasteiger partial charge < -0.3 is 9.47 Å². The van der Waals surface area contributed by atoms with Gasteiger partial charge in [-0.25, -0.2) is 9.98 Å². The van der Waals surface area contributed by atoms with Gasteiger partial charge in [0.05, 0.1) is 11.4 Å². The number of benzene rings is 6. The largest absolute Gasteiger partial charge is 0.474 e. The standard InChI is InChI=1S/C36H28N2O2/c1-3-15-33(16-4-1)37-35(31-21-19-27-11-7-9-13-29(27)25-31)39-23-24-40-36(38-34-17-5-2-6-18-34)32-22-20-28-12-8-10-14-30(28)26-32/h1-22,25-26H,23-24H2. The Hall–Kier alpha value is -5.22. The number of rotatable bonds is 7. The smallest absolute Gasteiger partial charge is 0.221 e. The van der Waals surface area contributed by atoms with Crippen molar-refractivity contribution in [1.82, 2.24) is 0 Å². The van der Waals surface area contributed by atoms with Gasteiger partial charge >= 0.3 is 0 Å². The first-order chi connectivity index (χ1) is 19.8. The van der Waals surface area contributed by atoms with Crippen molar-refractivity contribution < 1.29 is 9.47 Å². The molecule has 0 aliphatic heterocycles. The summed E-state index contributed by atoms with van der Waals surface area (Å²) in [5, 5.41) is 4.61. The first-order valence-corrected chi connectivity index (χ1v) is 13.3. The maximum absolute atomic E-state index is 6.26. The van der Waals surface area contributed by atoms with Crippen LogP contribution in [0, 0.1) is 0 Å². The average molecular weight is 521 g/mol. The minimum Gasteiger partial charge on any atom is -0.474 e. The summed E-state index contributed by atoms with van der Waals surface area (Å²) in [5.41, 5.74) is 3.48. The van der Waals surface area contributed by atoms with Gasteiger partial charge in [-0.05, 0) is 70.1 Å². The number of hydrogen-bond donors (Lipinski definition) is 0. The third-order valence-corrected chi connectivity index (χ3v) is 6.53. The monoisotopic (exact) mass is 520 g/mol. The van der Waals surface area contributed by atoms with Crippen molar-refractivity contribution in [1.29, 1.82) is 0 Å². The second kappa shape index (κ2) is 12.1. The molecule has 0 amide bonds. The summed E-state index contributed by atoms with van der Waals surface area (Å²) in [5.74, 6) is 1.10. The fraction of sp³-hybridized carbons (Fsp3) is 0.0556. The number of ether oxygens (including phenoxy) is 2. The van der Waals surface area contributed by atoms with E-state index in [1.54, 1.807) is 0 Å². The molecule has 6 aromatic rings. The van der Waals surface area contributed by atoms with Gasteiger partial charge in [0.15, 0.2) is 0 Å². The molecular formula is C36H28N2O2. The fourth-order valence-electron chi connectivity index (χ4n) is 4.52. The molecule has 6 rings (SSSR count). The topological polar surface area (TPSA) is 43.2 Å². The normalized spacial score (nSPS) is 12.0. The first-order valence-electron chi connectivity index (χ1n) is 13.3. The number of hydrogen-bond acceptors (Lipinski definition) is 4. The molecular weight excluding hydrogens is 492 g/mol. The number of aliphatic imine (C=N–C) groups is 2. The summed E-state index contributed by atoms with van der Waals surface area (Å²) < 4.78 is 12.5. The van der Waals surface area contributed by atoms with E-state index in [9.17, 15) is 0 Å². The van der Waals surface area contributed by atoms with Gasteiger partial charge in [0.25, 0.3) is 0 Å². The molecule has 6 aromatic carbocycles. The maximum Gasteiger partial charge on any atom is 0.221 e. The van der Waals surface area contributed by atoms with Gasteiger partial charge in [0.2, 0.25) is 11.8 Å². The molecule has 40 heavy (non-hydrogen) atoms. The number of fused-ring (bicyclic) bond motifs is 2. The molecule has 0 saturated carbocycles. The lowest BCUT2D eigenvalue weighted by Gasteiger charge is -2.13. The summed E-state index contributed by atoms with van der Waals surface area (Å²) in [6, 6.07) is 48.7. The van der Waals surface area contributed by atoms with E-state index < -0.39 is 0 Å². The average Bonchev–Trinajstić information content (AvgIpc) is 3.02. The van der Waals surface area contributed by atoms with E-state index in [4.69, 9.17) is 19.5 Å². The van der Waals surface area contributed by atoms with Crippen molar-refractivity contribution in [2.45, 2.75) is 0 Å². The summed E-state index contributed by atoms with van der Waals surface area (Å²) in [6.07, 6.45) is 0. The van der Waals surface area contributed by atoms with Crippen molar-refractivity contribution in [2.24, 2.45) is 9.98 Å². The van der Waals surface area contributed by atoms with Crippen LogP contribution in [0.25, 0.3) is 21.5 Å². The Labute approximate surface area is 233 Å². The Morgan fingerprint density at radius 2 is 0.775 bits per heavy atom. The molecule has 0 fully saturated rings. The molecule has 0 aliphatic carbocycles. The molecule has 0 radical (unpaired) electrons. The highest BCUT2D eigenvalue weighted by molar-refractivity contribution is 6.01. The molecule has 0 aliphatic rings. The van der Waals surface area contributed by atoms with E-state index in [-0.39, 0.29) is 0 Å². The quantitative estimate of drug-likeness (QED) is 0.120. The van der Waals surface area contributed by atoms with Gasteiger partial charge in [0, 0.05) is 11.1 Å². The van der Waals surface area contributed by atoms with Crippen LogP contribution in [0.5, 0.6) is 0 Å². The summed E-state index contributed by atoms with van der Waals surface area (Å²) in [4.78, 5) is 9.64. The van der Waals surface area contributed by atoms with E-state index in [0.717, 1.165) is 33.3 Å². The van der Waals surface area contributed by atoms with Crippen molar-refractivity contribution in [3.05, 3.63) is 157 Å². The van der Waals surface area contributed by atoms with E-state index in [1.165, 1.54) is 10.8 Å². The van der Waals surface area contributed by atoms with E-state index in [0.29, 0.717) is 25.0 Å². The minimum absolute atomic E-state index is 0.305. The molecule has 0 spiro atoms. The molecule has 0 unspecified atom stereocenters. The Kier molecular flexibility index (Phi) is 7.58. The van der Waals surface area contributed by atoms with Crippen LogP contribution < -0.4 is 0 Å². The van der Waals surface area contributed by atoms with Crippen molar-refractivity contribution in [2.75, 3.05) is 13.2 Å². The summed E-state index contributed by atoms with van der Waals surface area (Å²) in [6.45, 7) is 0.611. The predicted octanol–water partition coefficient (Wildman–Crippen LogP) is 8.88. The highest BCUT2D eigenvalue weighted by atomic mass is 16.5. The Morgan fingerprint density at radius 3 is 1.20 bits per heavy atom. The summed E-state index contributed by atoms with van der Waals surface area (Å²) >= 11 is 0. The van der Waals surface area contributed by atoms with Crippen LogP contribution in [0.15, 0.2) is 156 Å². The van der Waals surface area contributed by atoms with Gasteiger partial charge in [-0.1, -0.05) is 97.1 Å². The third-order valence-electron chi connectivity index (χ3n) is 6.53. The van der Waals surface area contributed by atoms with Gasteiger partial charge in [-0.2, -0.15) is 0 Å². The van der Waals surface area contributed by atoms with Gasteiger partial charge in [-0.15, -0.1) is 0 Å². The van der Waals surface area contributed by atoms with E-state index >= 15 is 0 Å². The molecule has 0 heterocycles. The highest BCUT2D eigenvalue weighted by Gasteiger charge is 2.10. The predicted molar refractivity (Wildman–Crippen MR) is 165 cm³/mol. The number of nitrogens with zero attached hydrogens (tertiary/aromatic N) is 2. The molecule has 4 nitrogen and oxygen atoms in total. The second-order valence-electron chi connectivity index (χ2n) is 9.33. The van der Waals surface area contributed by atoms with Crippen molar-refractivity contribution in [3.63, 3.8) is 0 Å². The lowest BCUT2D eigenvalue weighted by molar-refractivity contribution is 0.202. The first kappa shape index (κ1) is 25.1. The van der Waals surface area contributed by atoms with Crippen molar-refractivity contribution in [3.8, 4) is 0 Å². The Balaban J connectivity index is 1.24. The van der Waals surface area contributed by atoms with E-state index in [2.05, 4.69) is 48.5 Å². The van der Waals surface area contributed by atoms with Crippen LogP contribution >= 0.6 is 0 Å². The zero-order valence-corrected chi connectivity index (χ0v) is 22.0. The lowest BCUT2D eigenvalue weighted by atomic mass is 10.1.